The number of pyridine rings is 1. The van der Waals surface area contributed by atoms with Crippen molar-refractivity contribution in [1.29, 1.82) is 0 Å². The Morgan fingerprint density at radius 1 is 1.22 bits per heavy atom. The number of carbonyl (C=O) groups excluding carboxylic acids is 1. The molecule has 5 nitrogen and oxygen atoms in total. The first kappa shape index (κ1) is 15.1. The third kappa shape index (κ3) is 3.88. The van der Waals surface area contributed by atoms with Gasteiger partial charge in [0.15, 0.2) is 5.76 Å². The first-order chi connectivity index (χ1) is 11.2. The number of aromatic nitrogens is 1. The summed E-state index contributed by atoms with van der Waals surface area (Å²) >= 11 is 0. The summed E-state index contributed by atoms with van der Waals surface area (Å²) in [6.45, 7) is 1.04. The second-order valence-electron chi connectivity index (χ2n) is 5.38. The van der Waals surface area contributed by atoms with Gasteiger partial charge in [-0.3, -0.25) is 9.59 Å². The molecular weight excluding hydrogens is 292 g/mol. The molecule has 1 aliphatic heterocycles. The molecule has 0 saturated carbocycles. The van der Waals surface area contributed by atoms with Crippen molar-refractivity contribution in [1.82, 2.24) is 4.57 Å². The SMILES string of the molecule is O=C(Nc1cccc(Cn2ccccc2=O)c1)C1=CCCCO1. The maximum absolute atomic E-state index is 12.1. The summed E-state index contributed by atoms with van der Waals surface area (Å²) in [4.78, 5) is 23.9. The molecule has 1 aromatic carbocycles. The normalized spacial score (nSPS) is 13.8. The fraction of sp³-hybridized carbons (Fsp3) is 0.222. The van der Waals surface area contributed by atoms with E-state index in [1.54, 1.807) is 16.8 Å². The van der Waals surface area contributed by atoms with Gasteiger partial charge >= 0.3 is 0 Å². The Morgan fingerprint density at radius 2 is 2.13 bits per heavy atom. The van der Waals surface area contributed by atoms with Crippen LogP contribution in [0.15, 0.2) is 65.3 Å². The van der Waals surface area contributed by atoms with E-state index < -0.39 is 0 Å². The van der Waals surface area contributed by atoms with Crippen molar-refractivity contribution in [2.45, 2.75) is 19.4 Å². The van der Waals surface area contributed by atoms with Gasteiger partial charge in [0.05, 0.1) is 13.2 Å². The largest absolute Gasteiger partial charge is 0.488 e. The number of anilines is 1. The van der Waals surface area contributed by atoms with Crippen LogP contribution in [0.25, 0.3) is 0 Å². The summed E-state index contributed by atoms with van der Waals surface area (Å²) in [5.41, 5.74) is 1.57. The third-order valence-electron chi connectivity index (χ3n) is 3.60. The molecule has 0 aliphatic carbocycles. The zero-order valence-corrected chi connectivity index (χ0v) is 12.7. The van der Waals surface area contributed by atoms with E-state index in [-0.39, 0.29) is 11.5 Å². The van der Waals surface area contributed by atoms with E-state index in [0.717, 1.165) is 18.4 Å². The molecule has 0 spiro atoms. The second-order valence-corrected chi connectivity index (χ2v) is 5.38. The number of rotatable bonds is 4. The van der Waals surface area contributed by atoms with Gasteiger partial charge in [-0.05, 0) is 42.7 Å². The van der Waals surface area contributed by atoms with Crippen molar-refractivity contribution in [3.05, 3.63) is 76.4 Å². The van der Waals surface area contributed by atoms with Crippen LogP contribution in [-0.2, 0) is 16.1 Å². The molecule has 2 aromatic rings. The first-order valence-corrected chi connectivity index (χ1v) is 7.61. The summed E-state index contributed by atoms with van der Waals surface area (Å²) in [6, 6.07) is 12.5. The highest BCUT2D eigenvalue weighted by Crippen LogP contribution is 2.15. The number of hydrogen-bond donors (Lipinski definition) is 1. The lowest BCUT2D eigenvalue weighted by atomic mass is 10.2. The van der Waals surface area contributed by atoms with Crippen LogP contribution in [0.3, 0.4) is 0 Å². The Morgan fingerprint density at radius 3 is 2.91 bits per heavy atom. The van der Waals surface area contributed by atoms with Gasteiger partial charge in [-0.1, -0.05) is 18.2 Å². The van der Waals surface area contributed by atoms with Crippen molar-refractivity contribution < 1.29 is 9.53 Å². The molecule has 1 aromatic heterocycles. The lowest BCUT2D eigenvalue weighted by molar-refractivity contribution is -0.116. The van der Waals surface area contributed by atoms with Crippen LogP contribution in [-0.4, -0.2) is 17.1 Å². The van der Waals surface area contributed by atoms with Gasteiger partial charge in [-0.25, -0.2) is 0 Å². The Balaban J connectivity index is 1.72. The van der Waals surface area contributed by atoms with Gasteiger partial charge in [0.1, 0.15) is 0 Å². The first-order valence-electron chi connectivity index (χ1n) is 7.61. The summed E-state index contributed by atoms with van der Waals surface area (Å²) in [5, 5.41) is 2.83. The Bertz CT molecular complexity index is 793. The Hall–Kier alpha value is -2.82. The molecule has 1 amide bonds. The minimum absolute atomic E-state index is 0.0531. The van der Waals surface area contributed by atoms with E-state index in [9.17, 15) is 9.59 Å². The molecule has 1 N–H and O–H groups in total. The van der Waals surface area contributed by atoms with Crippen LogP contribution in [0.2, 0.25) is 0 Å². The van der Waals surface area contributed by atoms with Crippen LogP contribution in [0.1, 0.15) is 18.4 Å². The van der Waals surface area contributed by atoms with Crippen molar-refractivity contribution in [3.63, 3.8) is 0 Å². The third-order valence-corrected chi connectivity index (χ3v) is 3.60. The van der Waals surface area contributed by atoms with E-state index >= 15 is 0 Å². The monoisotopic (exact) mass is 310 g/mol. The van der Waals surface area contributed by atoms with Crippen molar-refractivity contribution >= 4 is 11.6 Å². The van der Waals surface area contributed by atoms with Gasteiger partial charge in [0.25, 0.3) is 11.5 Å². The molecule has 23 heavy (non-hydrogen) atoms. The van der Waals surface area contributed by atoms with Crippen LogP contribution < -0.4 is 10.9 Å². The zero-order chi connectivity index (χ0) is 16.1. The summed E-state index contributed by atoms with van der Waals surface area (Å²) < 4.78 is 6.98. The number of benzene rings is 1. The quantitative estimate of drug-likeness (QED) is 0.944. The maximum Gasteiger partial charge on any atom is 0.290 e. The fourth-order valence-corrected chi connectivity index (χ4v) is 2.44. The predicted molar refractivity (Wildman–Crippen MR) is 88.1 cm³/mol. The number of hydrogen-bond acceptors (Lipinski definition) is 3. The molecule has 0 atom stereocenters. The maximum atomic E-state index is 12.1. The van der Waals surface area contributed by atoms with E-state index in [1.165, 1.54) is 6.07 Å². The number of carbonyl (C=O) groups is 1. The minimum Gasteiger partial charge on any atom is -0.488 e. The number of ether oxygens (including phenoxy) is 1. The van der Waals surface area contributed by atoms with Crippen LogP contribution in [0.4, 0.5) is 5.69 Å². The zero-order valence-electron chi connectivity index (χ0n) is 12.7. The summed E-state index contributed by atoms with van der Waals surface area (Å²) in [6.07, 6.45) is 5.36. The standard InChI is InChI=1S/C18H18N2O3/c21-17-9-1-3-10-20(17)13-14-6-5-7-15(12-14)19-18(22)16-8-2-4-11-23-16/h1,3,5-10,12H,2,4,11,13H2,(H,19,22). The molecule has 1 aliphatic rings. The topological polar surface area (TPSA) is 60.3 Å². The van der Waals surface area contributed by atoms with E-state index in [4.69, 9.17) is 4.74 Å². The van der Waals surface area contributed by atoms with Crippen LogP contribution in [0.5, 0.6) is 0 Å². The van der Waals surface area contributed by atoms with Gasteiger partial charge < -0.3 is 14.6 Å². The Kier molecular flexibility index (Phi) is 4.57. The van der Waals surface area contributed by atoms with Gasteiger partial charge in [-0.2, -0.15) is 0 Å². The predicted octanol–water partition coefficient (Wildman–Crippen LogP) is 2.53. The molecule has 0 radical (unpaired) electrons. The average Bonchev–Trinajstić information content (AvgIpc) is 2.58. The minimum atomic E-state index is -0.237. The highest BCUT2D eigenvalue weighted by Gasteiger charge is 2.14. The smallest absolute Gasteiger partial charge is 0.290 e. The average molecular weight is 310 g/mol. The molecule has 0 bridgehead atoms. The van der Waals surface area contributed by atoms with Crippen LogP contribution >= 0.6 is 0 Å². The van der Waals surface area contributed by atoms with Crippen molar-refractivity contribution in [2.75, 3.05) is 11.9 Å². The highest BCUT2D eigenvalue weighted by molar-refractivity contribution is 6.02. The highest BCUT2D eigenvalue weighted by atomic mass is 16.5. The van der Waals surface area contributed by atoms with Crippen LogP contribution in [0, 0.1) is 0 Å². The number of nitrogens with one attached hydrogen (secondary N) is 1. The fourth-order valence-electron chi connectivity index (χ4n) is 2.44. The number of amides is 1. The lowest BCUT2D eigenvalue weighted by Crippen LogP contribution is -2.20. The molecule has 3 rings (SSSR count). The van der Waals surface area contributed by atoms with E-state index in [0.29, 0.717) is 24.6 Å². The molecule has 0 saturated heterocycles. The Labute approximate surface area is 134 Å². The lowest BCUT2D eigenvalue weighted by Gasteiger charge is -2.15. The molecule has 0 fully saturated rings. The molecular formula is C18H18N2O3. The van der Waals surface area contributed by atoms with E-state index in [2.05, 4.69) is 5.32 Å². The molecule has 0 unspecified atom stereocenters. The van der Waals surface area contributed by atoms with Crippen molar-refractivity contribution in [2.24, 2.45) is 0 Å². The number of allylic oxidation sites excluding steroid dienone is 1. The van der Waals surface area contributed by atoms with E-state index in [1.807, 2.05) is 36.4 Å². The second kappa shape index (κ2) is 6.96. The van der Waals surface area contributed by atoms with Gasteiger partial charge in [0, 0.05) is 18.0 Å². The summed E-state index contributed by atoms with van der Waals surface area (Å²) in [5.74, 6) is 0.139. The van der Waals surface area contributed by atoms with Gasteiger partial charge in [-0.15, -0.1) is 0 Å². The van der Waals surface area contributed by atoms with Gasteiger partial charge in [0.2, 0.25) is 0 Å². The number of nitrogens with zero attached hydrogens (tertiary/aromatic N) is 1. The molecule has 118 valence electrons. The summed E-state index contributed by atoms with van der Waals surface area (Å²) in [7, 11) is 0. The van der Waals surface area contributed by atoms with Crippen molar-refractivity contribution in [3.8, 4) is 0 Å². The molecule has 5 heteroatoms. The molecule has 2 heterocycles.